The topological polar surface area (TPSA) is 29.1 Å². The molecule has 94 valence electrons. The molecule has 0 bridgehead atoms. The van der Waals surface area contributed by atoms with Gasteiger partial charge in [0.1, 0.15) is 5.82 Å². The van der Waals surface area contributed by atoms with E-state index in [1.165, 1.54) is 12.1 Å². The minimum Gasteiger partial charge on any atom is -0.348 e. The van der Waals surface area contributed by atoms with Gasteiger partial charge in [-0.15, -0.1) is 11.3 Å². The van der Waals surface area contributed by atoms with Crippen molar-refractivity contribution in [2.45, 2.75) is 19.4 Å². The van der Waals surface area contributed by atoms with E-state index in [4.69, 9.17) is 0 Å². The molecule has 18 heavy (non-hydrogen) atoms. The molecule has 0 aliphatic heterocycles. The first-order valence-electron chi connectivity index (χ1n) is 5.72. The number of carbonyl (C=O) groups excluding carboxylic acids is 1. The van der Waals surface area contributed by atoms with Crippen LogP contribution in [0.3, 0.4) is 0 Å². The number of thiophene rings is 1. The van der Waals surface area contributed by atoms with Crippen LogP contribution in [0, 0.1) is 5.82 Å². The number of nitrogens with one attached hydrogen (secondary N) is 1. The van der Waals surface area contributed by atoms with E-state index in [-0.39, 0.29) is 24.2 Å². The summed E-state index contributed by atoms with van der Waals surface area (Å²) in [5, 5.41) is 4.88. The Balaban J connectivity index is 1.93. The molecule has 0 aliphatic rings. The molecule has 4 heteroatoms. The predicted molar refractivity (Wildman–Crippen MR) is 71.0 cm³/mol. The normalized spacial score (nSPS) is 12.1. The highest BCUT2D eigenvalue weighted by atomic mass is 32.1. The first kappa shape index (κ1) is 12.8. The molecule has 2 nitrogen and oxygen atoms in total. The summed E-state index contributed by atoms with van der Waals surface area (Å²) in [6.45, 7) is 1.94. The van der Waals surface area contributed by atoms with E-state index >= 15 is 0 Å². The van der Waals surface area contributed by atoms with Crippen molar-refractivity contribution < 1.29 is 9.18 Å². The van der Waals surface area contributed by atoms with Gasteiger partial charge >= 0.3 is 0 Å². The van der Waals surface area contributed by atoms with E-state index in [2.05, 4.69) is 5.32 Å². The molecule has 2 aromatic rings. The first-order chi connectivity index (χ1) is 8.65. The summed E-state index contributed by atoms with van der Waals surface area (Å²) >= 11 is 1.61. The average molecular weight is 263 g/mol. The molecule has 0 aliphatic carbocycles. The van der Waals surface area contributed by atoms with Gasteiger partial charge in [-0.05, 0) is 36.1 Å². The van der Waals surface area contributed by atoms with E-state index in [0.29, 0.717) is 5.56 Å². The van der Waals surface area contributed by atoms with Gasteiger partial charge < -0.3 is 5.32 Å². The molecule has 1 atom stereocenters. The third kappa shape index (κ3) is 3.40. The second-order valence-electron chi connectivity index (χ2n) is 4.11. The first-order valence-corrected chi connectivity index (χ1v) is 6.60. The molecule has 0 saturated carbocycles. The third-order valence-corrected chi connectivity index (χ3v) is 3.66. The summed E-state index contributed by atoms with van der Waals surface area (Å²) in [6, 6.07) is 10.0. The lowest BCUT2D eigenvalue weighted by atomic mass is 10.1. The maximum Gasteiger partial charge on any atom is 0.224 e. The van der Waals surface area contributed by atoms with Crippen LogP contribution in [0.2, 0.25) is 0 Å². The van der Waals surface area contributed by atoms with E-state index in [1.54, 1.807) is 23.5 Å². The monoisotopic (exact) mass is 263 g/mol. The fraction of sp³-hybridized carbons (Fsp3) is 0.214. The lowest BCUT2D eigenvalue weighted by Crippen LogP contribution is -2.27. The summed E-state index contributed by atoms with van der Waals surface area (Å²) < 4.78 is 13.0. The molecule has 0 radical (unpaired) electrons. The summed E-state index contributed by atoms with van der Waals surface area (Å²) in [5.41, 5.74) is 0.686. The summed E-state index contributed by atoms with van der Waals surface area (Å²) in [4.78, 5) is 12.9. The molecule has 1 aromatic carbocycles. The fourth-order valence-corrected chi connectivity index (χ4v) is 2.47. The van der Waals surface area contributed by atoms with Crippen molar-refractivity contribution in [2.24, 2.45) is 0 Å². The van der Waals surface area contributed by atoms with Crippen LogP contribution in [0.5, 0.6) is 0 Å². The third-order valence-electron chi connectivity index (χ3n) is 2.60. The second kappa shape index (κ2) is 5.78. The van der Waals surface area contributed by atoms with Gasteiger partial charge in [-0.25, -0.2) is 4.39 Å². The minimum absolute atomic E-state index is 0.00828. The molecule has 2 rings (SSSR count). The molecule has 1 aromatic heterocycles. The van der Waals surface area contributed by atoms with E-state index in [0.717, 1.165) is 4.88 Å². The van der Waals surface area contributed by atoms with Crippen molar-refractivity contribution in [1.82, 2.24) is 5.32 Å². The average Bonchev–Trinajstić information content (AvgIpc) is 2.81. The second-order valence-corrected chi connectivity index (χ2v) is 5.09. The quantitative estimate of drug-likeness (QED) is 0.901. The number of amides is 1. The van der Waals surface area contributed by atoms with Crippen molar-refractivity contribution in [3.8, 4) is 0 Å². The number of hydrogen-bond acceptors (Lipinski definition) is 2. The molecular formula is C14H14FNOS. The summed E-state index contributed by atoms with van der Waals surface area (Å²) in [6.07, 6.45) is 0.202. The molecule has 0 saturated heterocycles. The minimum atomic E-state index is -0.313. The lowest BCUT2D eigenvalue weighted by molar-refractivity contribution is -0.121. The maximum absolute atomic E-state index is 13.0. The van der Waals surface area contributed by atoms with Crippen LogP contribution in [0.4, 0.5) is 4.39 Å². The van der Waals surface area contributed by atoms with Crippen molar-refractivity contribution in [3.63, 3.8) is 0 Å². The van der Waals surface area contributed by atoms with Gasteiger partial charge in [-0.3, -0.25) is 4.79 Å². The highest BCUT2D eigenvalue weighted by Crippen LogP contribution is 2.18. The summed E-state index contributed by atoms with van der Waals surface area (Å²) in [5.74, 6) is -0.409. The Kier molecular flexibility index (Phi) is 4.10. The largest absolute Gasteiger partial charge is 0.348 e. The Morgan fingerprint density at radius 2 is 2.22 bits per heavy atom. The van der Waals surface area contributed by atoms with Gasteiger partial charge in [0.15, 0.2) is 0 Å². The van der Waals surface area contributed by atoms with Gasteiger partial charge in [0.25, 0.3) is 0 Å². The number of rotatable bonds is 4. The highest BCUT2D eigenvalue weighted by molar-refractivity contribution is 7.10. The number of carbonyl (C=O) groups is 1. The van der Waals surface area contributed by atoms with Gasteiger partial charge in [-0.1, -0.05) is 18.2 Å². The SMILES string of the molecule is C[C@@H](NC(=O)Cc1cccc(F)c1)c1cccs1. The van der Waals surface area contributed by atoms with Crippen LogP contribution in [-0.4, -0.2) is 5.91 Å². The Labute approximate surface area is 109 Å². The molecule has 0 unspecified atom stereocenters. The summed E-state index contributed by atoms with van der Waals surface area (Å²) in [7, 11) is 0. The smallest absolute Gasteiger partial charge is 0.224 e. The van der Waals surface area contributed by atoms with E-state index in [1.807, 2.05) is 24.4 Å². The van der Waals surface area contributed by atoms with Crippen LogP contribution < -0.4 is 5.32 Å². The van der Waals surface area contributed by atoms with Crippen molar-refractivity contribution in [1.29, 1.82) is 0 Å². The maximum atomic E-state index is 13.0. The highest BCUT2D eigenvalue weighted by Gasteiger charge is 2.10. The predicted octanol–water partition coefficient (Wildman–Crippen LogP) is 3.31. The molecule has 1 heterocycles. The van der Waals surface area contributed by atoms with Crippen LogP contribution >= 0.6 is 11.3 Å². The Hall–Kier alpha value is -1.68. The molecule has 1 N–H and O–H groups in total. The van der Waals surface area contributed by atoms with Gasteiger partial charge in [0.05, 0.1) is 12.5 Å². The zero-order valence-corrected chi connectivity index (χ0v) is 10.8. The van der Waals surface area contributed by atoms with Crippen LogP contribution in [0.15, 0.2) is 41.8 Å². The number of halogens is 1. The Bertz CT molecular complexity index is 524. The van der Waals surface area contributed by atoms with E-state index in [9.17, 15) is 9.18 Å². The Morgan fingerprint density at radius 3 is 2.89 bits per heavy atom. The molecule has 0 spiro atoms. The fourth-order valence-electron chi connectivity index (χ4n) is 1.73. The molecular weight excluding hydrogens is 249 g/mol. The number of hydrogen-bond donors (Lipinski definition) is 1. The van der Waals surface area contributed by atoms with Crippen molar-refractivity contribution in [2.75, 3.05) is 0 Å². The van der Waals surface area contributed by atoms with Gasteiger partial charge in [0.2, 0.25) is 5.91 Å². The van der Waals surface area contributed by atoms with Gasteiger partial charge in [0, 0.05) is 4.88 Å². The standard InChI is InChI=1S/C14H14FNOS/c1-10(13-6-3-7-18-13)16-14(17)9-11-4-2-5-12(15)8-11/h2-8,10H,9H2,1H3,(H,16,17)/t10-/m1/s1. The van der Waals surface area contributed by atoms with Crippen LogP contribution in [-0.2, 0) is 11.2 Å². The van der Waals surface area contributed by atoms with Crippen molar-refractivity contribution >= 4 is 17.2 Å². The zero-order valence-electron chi connectivity index (χ0n) is 10.0. The van der Waals surface area contributed by atoms with Gasteiger partial charge in [-0.2, -0.15) is 0 Å². The van der Waals surface area contributed by atoms with E-state index < -0.39 is 0 Å². The lowest BCUT2D eigenvalue weighted by Gasteiger charge is -2.12. The number of benzene rings is 1. The molecule has 0 fully saturated rings. The molecule has 1 amide bonds. The Morgan fingerprint density at radius 1 is 1.39 bits per heavy atom. The van der Waals surface area contributed by atoms with Crippen LogP contribution in [0.25, 0.3) is 0 Å². The zero-order chi connectivity index (χ0) is 13.0. The van der Waals surface area contributed by atoms with Crippen molar-refractivity contribution in [3.05, 3.63) is 58.0 Å². The van der Waals surface area contributed by atoms with Crippen LogP contribution in [0.1, 0.15) is 23.4 Å².